The molecule has 0 spiro atoms. The third-order valence-corrected chi connectivity index (χ3v) is 2.37. The van der Waals surface area contributed by atoms with Crippen molar-refractivity contribution >= 4 is 5.97 Å². The number of nitrogens with one attached hydrogen (secondary N) is 1. The van der Waals surface area contributed by atoms with E-state index < -0.39 is 5.54 Å². The molecule has 1 unspecified atom stereocenters. The van der Waals surface area contributed by atoms with Gasteiger partial charge in [-0.25, -0.2) is 4.79 Å². The molecule has 0 radical (unpaired) electrons. The largest absolute Gasteiger partial charge is 0.465 e. The molecule has 0 saturated carbocycles. The van der Waals surface area contributed by atoms with Crippen LogP contribution in [0.1, 0.15) is 27.7 Å². The number of rotatable bonds is 6. The number of ether oxygens (including phenoxy) is 1. The first-order chi connectivity index (χ1) is 7.98. The van der Waals surface area contributed by atoms with Crippen LogP contribution in [0.5, 0.6) is 0 Å². The molecule has 1 rings (SSSR count). The maximum atomic E-state index is 12.0. The molecule has 1 heterocycles. The van der Waals surface area contributed by atoms with E-state index in [0.717, 1.165) is 0 Å². The maximum absolute atomic E-state index is 12.0. The lowest BCUT2D eigenvalue weighted by Gasteiger charge is -2.30. The Morgan fingerprint density at radius 3 is 2.76 bits per heavy atom. The fourth-order valence-corrected chi connectivity index (χ4v) is 1.81. The average molecular weight is 239 g/mol. The normalized spacial score (nSPS) is 14.6. The summed E-state index contributed by atoms with van der Waals surface area (Å²) in [6.07, 6.45) is 3.53. The first-order valence-corrected chi connectivity index (χ1v) is 5.90. The zero-order valence-corrected chi connectivity index (χ0v) is 10.9. The lowest BCUT2D eigenvalue weighted by molar-refractivity contribution is -0.151. The highest BCUT2D eigenvalue weighted by Gasteiger charge is 2.35. The van der Waals surface area contributed by atoms with Gasteiger partial charge in [0.05, 0.1) is 13.2 Å². The molecule has 0 saturated heterocycles. The van der Waals surface area contributed by atoms with Crippen LogP contribution in [-0.2, 0) is 16.1 Å². The monoisotopic (exact) mass is 239 g/mol. The number of carbonyl (C=O) groups is 1. The summed E-state index contributed by atoms with van der Waals surface area (Å²) in [5, 5.41) is 7.36. The second kappa shape index (κ2) is 5.82. The van der Waals surface area contributed by atoms with Gasteiger partial charge in [0, 0.05) is 18.4 Å². The fraction of sp³-hybridized carbons (Fsp3) is 0.667. The van der Waals surface area contributed by atoms with E-state index in [4.69, 9.17) is 4.74 Å². The molecular formula is C12H21N3O2. The summed E-state index contributed by atoms with van der Waals surface area (Å²) in [7, 11) is 0. The molecule has 5 nitrogen and oxygen atoms in total. The Balaban J connectivity index is 2.81. The number of esters is 1. The first kappa shape index (κ1) is 13.7. The standard InChI is InChI=1S/C12H21N3O2/c1-5-17-11(16)12(4,14-10(2)3)9-15-8-6-7-13-15/h6-8,10,14H,5,9H2,1-4H3. The number of hydrogen-bond acceptors (Lipinski definition) is 4. The van der Waals surface area contributed by atoms with Crippen LogP contribution in [-0.4, -0.2) is 33.9 Å². The second-order valence-electron chi connectivity index (χ2n) is 4.56. The van der Waals surface area contributed by atoms with Crippen LogP contribution in [0.25, 0.3) is 0 Å². The minimum atomic E-state index is -0.754. The van der Waals surface area contributed by atoms with E-state index in [9.17, 15) is 4.79 Å². The molecule has 1 aromatic heterocycles. The predicted molar refractivity (Wildman–Crippen MR) is 65.5 cm³/mol. The summed E-state index contributed by atoms with van der Waals surface area (Å²) in [5.74, 6) is -0.246. The lowest BCUT2D eigenvalue weighted by atomic mass is 10.0. The van der Waals surface area contributed by atoms with Crippen LogP contribution in [0.3, 0.4) is 0 Å². The van der Waals surface area contributed by atoms with Crippen LogP contribution >= 0.6 is 0 Å². The van der Waals surface area contributed by atoms with Gasteiger partial charge in [0.25, 0.3) is 0 Å². The zero-order chi connectivity index (χ0) is 12.9. The molecule has 5 heteroatoms. The SMILES string of the molecule is CCOC(=O)C(C)(Cn1cccn1)NC(C)C. The van der Waals surface area contributed by atoms with Crippen molar-refractivity contribution in [1.29, 1.82) is 0 Å². The Bertz CT molecular complexity index is 349. The molecule has 17 heavy (non-hydrogen) atoms. The molecule has 0 fully saturated rings. The molecule has 96 valence electrons. The zero-order valence-electron chi connectivity index (χ0n) is 10.9. The molecule has 0 aliphatic carbocycles. The van der Waals surface area contributed by atoms with Crippen LogP contribution in [0.4, 0.5) is 0 Å². The summed E-state index contributed by atoms with van der Waals surface area (Å²) in [6.45, 7) is 8.49. The van der Waals surface area contributed by atoms with Gasteiger partial charge < -0.3 is 4.74 Å². The highest BCUT2D eigenvalue weighted by atomic mass is 16.5. The van der Waals surface area contributed by atoms with E-state index in [-0.39, 0.29) is 12.0 Å². The van der Waals surface area contributed by atoms with Gasteiger partial charge in [0.2, 0.25) is 0 Å². The summed E-state index contributed by atoms with van der Waals surface area (Å²) >= 11 is 0. The third kappa shape index (κ3) is 3.85. The van der Waals surface area contributed by atoms with Gasteiger partial charge in [0.1, 0.15) is 5.54 Å². The van der Waals surface area contributed by atoms with Crippen molar-refractivity contribution in [3.63, 3.8) is 0 Å². The lowest BCUT2D eigenvalue weighted by Crippen LogP contribution is -2.56. The number of carbonyl (C=O) groups excluding carboxylic acids is 1. The van der Waals surface area contributed by atoms with Crippen molar-refractivity contribution in [2.75, 3.05) is 6.61 Å². The van der Waals surface area contributed by atoms with E-state index in [0.29, 0.717) is 13.2 Å². The van der Waals surface area contributed by atoms with Crippen LogP contribution in [0.15, 0.2) is 18.5 Å². The molecule has 0 amide bonds. The second-order valence-corrected chi connectivity index (χ2v) is 4.56. The first-order valence-electron chi connectivity index (χ1n) is 5.90. The Morgan fingerprint density at radius 2 is 2.29 bits per heavy atom. The quantitative estimate of drug-likeness (QED) is 0.758. The van der Waals surface area contributed by atoms with Crippen molar-refractivity contribution in [3.05, 3.63) is 18.5 Å². The van der Waals surface area contributed by atoms with Crippen molar-refractivity contribution < 1.29 is 9.53 Å². The van der Waals surface area contributed by atoms with Crippen LogP contribution < -0.4 is 5.32 Å². The molecule has 0 aliphatic heterocycles. The van der Waals surface area contributed by atoms with E-state index in [1.165, 1.54) is 0 Å². The molecular weight excluding hydrogens is 218 g/mol. The summed E-state index contributed by atoms with van der Waals surface area (Å²) in [5.41, 5.74) is -0.754. The van der Waals surface area contributed by atoms with Gasteiger partial charge in [-0.05, 0) is 33.8 Å². The number of aromatic nitrogens is 2. The molecule has 0 aromatic carbocycles. The number of hydrogen-bond donors (Lipinski definition) is 1. The van der Waals surface area contributed by atoms with Crippen LogP contribution in [0.2, 0.25) is 0 Å². The van der Waals surface area contributed by atoms with Crippen molar-refractivity contribution in [3.8, 4) is 0 Å². The van der Waals surface area contributed by atoms with Gasteiger partial charge in [-0.3, -0.25) is 10.00 Å². The molecule has 1 aromatic rings. The molecule has 1 N–H and O–H groups in total. The van der Waals surface area contributed by atoms with E-state index in [1.54, 1.807) is 10.9 Å². The van der Waals surface area contributed by atoms with Crippen molar-refractivity contribution in [1.82, 2.24) is 15.1 Å². The van der Waals surface area contributed by atoms with E-state index in [1.807, 2.05) is 40.0 Å². The fourth-order valence-electron chi connectivity index (χ4n) is 1.81. The van der Waals surface area contributed by atoms with E-state index in [2.05, 4.69) is 10.4 Å². The maximum Gasteiger partial charge on any atom is 0.327 e. The van der Waals surface area contributed by atoms with Gasteiger partial charge in [0.15, 0.2) is 0 Å². The molecule has 0 aliphatic rings. The molecule has 0 bridgehead atoms. The predicted octanol–water partition coefficient (Wildman–Crippen LogP) is 1.20. The van der Waals surface area contributed by atoms with Crippen molar-refractivity contribution in [2.24, 2.45) is 0 Å². The van der Waals surface area contributed by atoms with Gasteiger partial charge in [-0.15, -0.1) is 0 Å². The van der Waals surface area contributed by atoms with E-state index >= 15 is 0 Å². The summed E-state index contributed by atoms with van der Waals surface area (Å²) < 4.78 is 6.84. The summed E-state index contributed by atoms with van der Waals surface area (Å²) in [4.78, 5) is 12.0. The Morgan fingerprint density at radius 1 is 1.59 bits per heavy atom. The van der Waals surface area contributed by atoms with Crippen LogP contribution in [0, 0.1) is 0 Å². The number of nitrogens with zero attached hydrogens (tertiary/aromatic N) is 2. The highest BCUT2D eigenvalue weighted by Crippen LogP contribution is 2.11. The molecule has 1 atom stereocenters. The third-order valence-electron chi connectivity index (χ3n) is 2.37. The summed E-state index contributed by atoms with van der Waals surface area (Å²) in [6, 6.07) is 2.03. The van der Waals surface area contributed by atoms with Gasteiger partial charge in [-0.1, -0.05) is 0 Å². The topological polar surface area (TPSA) is 56.2 Å². The van der Waals surface area contributed by atoms with Gasteiger partial charge in [-0.2, -0.15) is 5.10 Å². The Hall–Kier alpha value is -1.36. The Kier molecular flexibility index (Phi) is 4.69. The minimum absolute atomic E-state index is 0.194. The average Bonchev–Trinajstić information content (AvgIpc) is 2.69. The highest BCUT2D eigenvalue weighted by molar-refractivity contribution is 5.80. The van der Waals surface area contributed by atoms with Crippen molar-refractivity contribution in [2.45, 2.75) is 45.8 Å². The minimum Gasteiger partial charge on any atom is -0.465 e. The van der Waals surface area contributed by atoms with Gasteiger partial charge >= 0.3 is 5.97 Å². The Labute approximate surface area is 102 Å². The smallest absolute Gasteiger partial charge is 0.327 e.